The number of piperazine rings is 1. The molecule has 1 aliphatic rings. The molecule has 3 aromatic rings. The molecule has 1 atom stereocenters. The Morgan fingerprint density at radius 3 is 2.67 bits per heavy atom. The summed E-state index contributed by atoms with van der Waals surface area (Å²) in [4.78, 5) is 49.6. The number of hydrogen-bond acceptors (Lipinski definition) is 9. The van der Waals surface area contributed by atoms with E-state index in [0.717, 1.165) is 32.6 Å². The van der Waals surface area contributed by atoms with Gasteiger partial charge in [-0.25, -0.2) is 15.0 Å². The van der Waals surface area contributed by atoms with Crippen molar-refractivity contribution in [3.63, 3.8) is 0 Å². The summed E-state index contributed by atoms with van der Waals surface area (Å²) in [6.07, 6.45) is 3.13. The Balaban J connectivity index is 1.49. The summed E-state index contributed by atoms with van der Waals surface area (Å²) in [6.45, 7) is 7.46. The number of anilines is 1. The quantitative estimate of drug-likeness (QED) is 0.348. The molecule has 13 nitrogen and oxygen atoms in total. The molecule has 0 bridgehead atoms. The van der Waals surface area contributed by atoms with Gasteiger partial charge in [-0.1, -0.05) is 13.8 Å². The van der Waals surface area contributed by atoms with Crippen LogP contribution in [-0.4, -0.2) is 85.1 Å². The summed E-state index contributed by atoms with van der Waals surface area (Å²) in [7, 11) is 2.06. The molecule has 1 saturated heterocycles. The van der Waals surface area contributed by atoms with Crippen LogP contribution in [0.3, 0.4) is 0 Å². The average molecular weight is 456 g/mol. The van der Waals surface area contributed by atoms with Crippen molar-refractivity contribution in [2.45, 2.75) is 32.9 Å². The molecule has 4 rings (SSSR count). The number of amides is 2. The van der Waals surface area contributed by atoms with Crippen LogP contribution < -0.4 is 15.5 Å². The molecule has 4 heterocycles. The van der Waals surface area contributed by atoms with E-state index in [1.807, 2.05) is 18.7 Å². The minimum absolute atomic E-state index is 0.0567. The van der Waals surface area contributed by atoms with E-state index in [4.69, 9.17) is 0 Å². The van der Waals surface area contributed by atoms with Crippen LogP contribution in [0.25, 0.3) is 11.2 Å². The van der Waals surface area contributed by atoms with Gasteiger partial charge < -0.3 is 25.4 Å². The molecular formula is C20H29N11O2. The number of fused-ring (bicyclic) bond motifs is 1. The smallest absolute Gasteiger partial charge is 0.290 e. The monoisotopic (exact) mass is 455 g/mol. The van der Waals surface area contributed by atoms with Crippen molar-refractivity contribution in [1.82, 2.24) is 50.7 Å². The molecule has 2 amide bonds. The fraction of sp³-hybridized carbons (Fsp3) is 0.550. The summed E-state index contributed by atoms with van der Waals surface area (Å²) in [6, 6.07) is 0. The zero-order valence-corrected chi connectivity index (χ0v) is 19.0. The Kier molecular flexibility index (Phi) is 6.77. The molecular weight excluding hydrogens is 426 g/mol. The van der Waals surface area contributed by atoms with Gasteiger partial charge in [0.1, 0.15) is 11.8 Å². The lowest BCUT2D eigenvalue weighted by Gasteiger charge is -2.31. The third-order valence-corrected chi connectivity index (χ3v) is 5.46. The Bertz CT molecular complexity index is 1070. The van der Waals surface area contributed by atoms with Crippen LogP contribution >= 0.6 is 0 Å². The van der Waals surface area contributed by atoms with E-state index in [9.17, 15) is 9.59 Å². The van der Waals surface area contributed by atoms with Crippen molar-refractivity contribution in [2.24, 2.45) is 5.92 Å². The largest absolute Gasteiger partial charge is 0.337 e. The minimum Gasteiger partial charge on any atom is -0.337 e. The number of carbonyl (C=O) groups excluding carboxylic acids is 2. The first-order valence-corrected chi connectivity index (χ1v) is 11.0. The maximum Gasteiger partial charge on any atom is 0.290 e. The number of nitrogens with zero attached hydrogens (tertiary/aromatic N) is 7. The van der Waals surface area contributed by atoms with Crippen molar-refractivity contribution in [3.05, 3.63) is 24.2 Å². The number of carbonyl (C=O) groups is 2. The summed E-state index contributed by atoms with van der Waals surface area (Å²) < 4.78 is 0. The zero-order valence-electron chi connectivity index (χ0n) is 19.0. The van der Waals surface area contributed by atoms with Crippen molar-refractivity contribution >= 4 is 28.9 Å². The molecule has 4 N–H and O–H groups in total. The summed E-state index contributed by atoms with van der Waals surface area (Å²) >= 11 is 0. The van der Waals surface area contributed by atoms with E-state index in [2.05, 4.69) is 57.7 Å². The highest BCUT2D eigenvalue weighted by atomic mass is 16.2. The highest BCUT2D eigenvalue weighted by Crippen LogP contribution is 2.14. The van der Waals surface area contributed by atoms with Crippen LogP contribution in [0.5, 0.6) is 0 Å². The fourth-order valence-electron chi connectivity index (χ4n) is 3.44. The van der Waals surface area contributed by atoms with E-state index in [0.29, 0.717) is 35.3 Å². The Morgan fingerprint density at radius 1 is 1.15 bits per heavy atom. The zero-order chi connectivity index (χ0) is 23.4. The maximum atomic E-state index is 12.9. The van der Waals surface area contributed by atoms with E-state index < -0.39 is 12.1 Å². The van der Waals surface area contributed by atoms with E-state index in [1.165, 1.54) is 6.33 Å². The Morgan fingerprint density at radius 2 is 1.94 bits per heavy atom. The second kappa shape index (κ2) is 9.90. The number of imidazole rings is 1. The van der Waals surface area contributed by atoms with Crippen molar-refractivity contribution in [2.75, 3.05) is 38.1 Å². The second-order valence-corrected chi connectivity index (χ2v) is 8.56. The third kappa shape index (κ3) is 5.61. The maximum absolute atomic E-state index is 12.9. The molecule has 1 fully saturated rings. The predicted octanol–water partition coefficient (Wildman–Crippen LogP) is 0.204. The highest BCUT2D eigenvalue weighted by molar-refractivity contribution is 5.91. The topological polar surface area (TPSA) is 161 Å². The lowest BCUT2D eigenvalue weighted by atomic mass is 10.1. The van der Waals surface area contributed by atoms with E-state index >= 15 is 0 Å². The van der Waals surface area contributed by atoms with E-state index in [1.54, 1.807) is 6.20 Å². The molecule has 176 valence electrons. The van der Waals surface area contributed by atoms with Gasteiger partial charge in [-0.05, 0) is 19.4 Å². The van der Waals surface area contributed by atoms with Gasteiger partial charge in [-0.2, -0.15) is 4.98 Å². The number of hydrogen-bond donors (Lipinski definition) is 4. The molecule has 13 heteroatoms. The number of rotatable bonds is 8. The van der Waals surface area contributed by atoms with Gasteiger partial charge in [0.15, 0.2) is 17.6 Å². The minimum atomic E-state index is -0.899. The van der Waals surface area contributed by atoms with Crippen LogP contribution in [0.1, 0.15) is 49.3 Å². The van der Waals surface area contributed by atoms with Crippen LogP contribution in [0.2, 0.25) is 0 Å². The molecule has 0 radical (unpaired) electrons. The molecule has 0 aliphatic carbocycles. The fourth-order valence-corrected chi connectivity index (χ4v) is 3.44. The summed E-state index contributed by atoms with van der Waals surface area (Å²) in [5, 5.41) is 12.5. The van der Waals surface area contributed by atoms with E-state index in [-0.39, 0.29) is 11.7 Å². The standard InChI is InChI=1S/C20H29N11O2/c1-12(2)4-5-14(32)24-17(16-23-13-10-21-11-22-15(13)25-16)26-19(33)18-27-20(29-28-18)31-8-6-30(3)7-9-31/h10-12,17H,4-9H2,1-3H3,(H,24,32)(H,26,33)(H,27,28,29)(H,21,22,23,25). The van der Waals surface area contributed by atoms with Gasteiger partial charge >= 0.3 is 0 Å². The van der Waals surface area contributed by atoms with Crippen molar-refractivity contribution in [3.8, 4) is 0 Å². The first-order chi connectivity index (χ1) is 15.9. The molecule has 1 unspecified atom stereocenters. The van der Waals surface area contributed by atoms with Crippen LogP contribution in [-0.2, 0) is 4.79 Å². The molecule has 0 saturated carbocycles. The first-order valence-electron chi connectivity index (χ1n) is 11.0. The number of nitrogens with one attached hydrogen (secondary N) is 4. The van der Waals surface area contributed by atoms with Gasteiger partial charge in [-0.15, -0.1) is 5.10 Å². The predicted molar refractivity (Wildman–Crippen MR) is 120 cm³/mol. The number of aromatic nitrogens is 7. The third-order valence-electron chi connectivity index (χ3n) is 5.46. The summed E-state index contributed by atoms with van der Waals surface area (Å²) in [5.41, 5.74) is 1.04. The van der Waals surface area contributed by atoms with Crippen LogP contribution in [0.4, 0.5) is 5.95 Å². The van der Waals surface area contributed by atoms with Crippen molar-refractivity contribution < 1.29 is 9.59 Å². The highest BCUT2D eigenvalue weighted by Gasteiger charge is 2.25. The van der Waals surface area contributed by atoms with Crippen LogP contribution in [0, 0.1) is 5.92 Å². The summed E-state index contributed by atoms with van der Waals surface area (Å²) in [5.74, 6) is 0.550. The average Bonchev–Trinajstić information content (AvgIpc) is 3.45. The molecule has 1 aliphatic heterocycles. The second-order valence-electron chi connectivity index (χ2n) is 8.56. The SMILES string of the molecule is CC(C)CCC(=O)NC(NC(=O)c1nc(N2CCN(C)CC2)n[nH]1)c1nc2ncncc2[nH]1. The van der Waals surface area contributed by atoms with Gasteiger partial charge in [0.25, 0.3) is 5.91 Å². The van der Waals surface area contributed by atoms with Crippen LogP contribution in [0.15, 0.2) is 12.5 Å². The first kappa shape index (κ1) is 22.6. The lowest BCUT2D eigenvalue weighted by molar-refractivity contribution is -0.122. The number of H-pyrrole nitrogens is 2. The molecule has 3 aromatic heterocycles. The van der Waals surface area contributed by atoms with Gasteiger partial charge in [0.05, 0.1) is 6.20 Å². The Hall–Kier alpha value is -3.61. The molecule has 0 aromatic carbocycles. The molecule has 0 spiro atoms. The van der Waals surface area contributed by atoms with Crippen molar-refractivity contribution in [1.29, 1.82) is 0 Å². The number of likely N-dealkylation sites (N-methyl/N-ethyl adjacent to an activating group) is 1. The van der Waals surface area contributed by atoms with Gasteiger partial charge in [-0.3, -0.25) is 14.7 Å². The molecule has 33 heavy (non-hydrogen) atoms. The number of aromatic amines is 2. The van der Waals surface area contributed by atoms with Gasteiger partial charge in [0.2, 0.25) is 17.7 Å². The lowest BCUT2D eigenvalue weighted by Crippen LogP contribution is -2.45. The normalized spacial score (nSPS) is 15.7. The van der Waals surface area contributed by atoms with Gasteiger partial charge in [0, 0.05) is 32.6 Å². The Labute approximate surface area is 190 Å².